The lowest BCUT2D eigenvalue weighted by molar-refractivity contribution is -0.133. The minimum atomic E-state index is -1.57. The first-order valence-corrected chi connectivity index (χ1v) is 5.87. The molecule has 0 spiro atoms. The molecule has 1 N–H and O–H groups in total. The van der Waals surface area contributed by atoms with E-state index < -0.39 is 23.4 Å². The molecule has 0 amide bonds. The highest BCUT2D eigenvalue weighted by Gasteiger charge is 2.15. The standard InChI is InChI=1S/C10H6F3N3O2S/c11-6-1-5(2-7(12)9(6)13)16-4-14-15-10(16)19-3-8(17)18/h1-2,4H,3H2,(H,17,18). The monoisotopic (exact) mass is 289 g/mol. The van der Waals surface area contributed by atoms with Crippen molar-refractivity contribution in [3.8, 4) is 5.69 Å². The smallest absolute Gasteiger partial charge is 0.313 e. The van der Waals surface area contributed by atoms with Crippen LogP contribution >= 0.6 is 11.8 Å². The molecule has 1 heterocycles. The van der Waals surface area contributed by atoms with Crippen molar-refractivity contribution in [3.05, 3.63) is 35.9 Å². The number of halogens is 3. The van der Waals surface area contributed by atoms with E-state index in [-0.39, 0.29) is 16.6 Å². The van der Waals surface area contributed by atoms with Crippen LogP contribution in [0.15, 0.2) is 23.6 Å². The molecule has 0 atom stereocenters. The van der Waals surface area contributed by atoms with Crippen LogP contribution in [-0.4, -0.2) is 31.6 Å². The molecule has 0 unspecified atom stereocenters. The summed E-state index contributed by atoms with van der Waals surface area (Å²) in [5.41, 5.74) is -0.0331. The molecule has 0 saturated carbocycles. The zero-order valence-corrected chi connectivity index (χ0v) is 9.99. The van der Waals surface area contributed by atoms with Crippen LogP contribution in [0.2, 0.25) is 0 Å². The summed E-state index contributed by atoms with van der Waals surface area (Å²) in [5.74, 6) is -5.63. The third kappa shape index (κ3) is 2.87. The Hall–Kier alpha value is -2.03. The quantitative estimate of drug-likeness (QED) is 0.687. The van der Waals surface area contributed by atoms with Crippen molar-refractivity contribution in [2.75, 3.05) is 5.75 Å². The maximum Gasteiger partial charge on any atom is 0.313 e. The van der Waals surface area contributed by atoms with Crippen LogP contribution in [-0.2, 0) is 4.79 Å². The largest absolute Gasteiger partial charge is 0.481 e. The molecular formula is C10H6F3N3O2S. The molecule has 5 nitrogen and oxygen atoms in total. The van der Waals surface area contributed by atoms with Crippen LogP contribution in [0.3, 0.4) is 0 Å². The number of hydrogen-bond acceptors (Lipinski definition) is 4. The molecule has 0 fully saturated rings. The van der Waals surface area contributed by atoms with Gasteiger partial charge in [0.2, 0.25) is 0 Å². The summed E-state index contributed by atoms with van der Waals surface area (Å²) in [6, 6.07) is 1.54. The molecule has 0 bridgehead atoms. The molecule has 0 aliphatic carbocycles. The lowest BCUT2D eigenvalue weighted by Crippen LogP contribution is -2.03. The topological polar surface area (TPSA) is 68.0 Å². The van der Waals surface area contributed by atoms with Crippen molar-refractivity contribution in [2.24, 2.45) is 0 Å². The van der Waals surface area contributed by atoms with Gasteiger partial charge in [0.05, 0.1) is 11.4 Å². The van der Waals surface area contributed by atoms with Gasteiger partial charge in [-0.15, -0.1) is 10.2 Å². The molecule has 1 aromatic carbocycles. The summed E-state index contributed by atoms with van der Waals surface area (Å²) in [6.45, 7) is 0. The van der Waals surface area contributed by atoms with E-state index in [1.807, 2.05) is 0 Å². The second-order valence-corrected chi connectivity index (χ2v) is 4.33. The average Bonchev–Trinajstić information content (AvgIpc) is 2.81. The molecule has 0 aliphatic heterocycles. The van der Waals surface area contributed by atoms with Gasteiger partial charge in [-0.05, 0) is 0 Å². The van der Waals surface area contributed by atoms with Crippen molar-refractivity contribution in [1.29, 1.82) is 0 Å². The highest BCUT2D eigenvalue weighted by Crippen LogP contribution is 2.22. The zero-order chi connectivity index (χ0) is 14.0. The summed E-state index contributed by atoms with van der Waals surface area (Å²) in [7, 11) is 0. The van der Waals surface area contributed by atoms with Gasteiger partial charge in [0.15, 0.2) is 22.6 Å². The Kier molecular flexibility index (Phi) is 3.74. The normalized spacial score (nSPS) is 10.7. The summed E-state index contributed by atoms with van der Waals surface area (Å²) in [5, 5.41) is 15.8. The maximum atomic E-state index is 13.1. The van der Waals surface area contributed by atoms with Crippen LogP contribution in [0.5, 0.6) is 0 Å². The van der Waals surface area contributed by atoms with Crippen LogP contribution in [0.25, 0.3) is 5.69 Å². The number of rotatable bonds is 4. The van der Waals surface area contributed by atoms with Crippen molar-refractivity contribution in [1.82, 2.24) is 14.8 Å². The van der Waals surface area contributed by atoms with Crippen molar-refractivity contribution in [3.63, 3.8) is 0 Å². The number of thioether (sulfide) groups is 1. The summed E-state index contributed by atoms with van der Waals surface area (Å²) < 4.78 is 40.2. The third-order valence-electron chi connectivity index (χ3n) is 2.09. The highest BCUT2D eigenvalue weighted by molar-refractivity contribution is 7.99. The van der Waals surface area contributed by atoms with E-state index in [9.17, 15) is 18.0 Å². The molecule has 2 aromatic rings. The summed E-state index contributed by atoms with van der Waals surface area (Å²) in [4.78, 5) is 10.4. The van der Waals surface area contributed by atoms with Gasteiger partial charge in [0, 0.05) is 12.1 Å². The number of carboxylic acid groups (broad SMARTS) is 1. The second kappa shape index (κ2) is 5.31. The van der Waals surface area contributed by atoms with E-state index in [4.69, 9.17) is 5.11 Å². The predicted molar refractivity (Wildman–Crippen MR) is 59.6 cm³/mol. The molecular weight excluding hydrogens is 283 g/mol. The lowest BCUT2D eigenvalue weighted by Gasteiger charge is -2.06. The molecule has 0 saturated heterocycles. The number of nitrogens with zero attached hydrogens (tertiary/aromatic N) is 3. The SMILES string of the molecule is O=C(O)CSc1nncn1-c1cc(F)c(F)c(F)c1. The summed E-state index contributed by atoms with van der Waals surface area (Å²) >= 11 is 0.824. The predicted octanol–water partition coefficient (Wildman–Crippen LogP) is 1.86. The van der Waals surface area contributed by atoms with Gasteiger partial charge in [0.1, 0.15) is 6.33 Å². The molecule has 0 radical (unpaired) electrons. The van der Waals surface area contributed by atoms with E-state index >= 15 is 0 Å². The van der Waals surface area contributed by atoms with Crippen LogP contribution in [0, 0.1) is 17.5 Å². The van der Waals surface area contributed by atoms with Gasteiger partial charge in [-0.2, -0.15) is 0 Å². The van der Waals surface area contributed by atoms with Crippen molar-refractivity contribution in [2.45, 2.75) is 5.16 Å². The van der Waals surface area contributed by atoms with E-state index in [0.717, 1.165) is 30.2 Å². The molecule has 9 heteroatoms. The number of hydrogen-bond donors (Lipinski definition) is 1. The molecule has 1 aromatic heterocycles. The fraction of sp³-hybridized carbons (Fsp3) is 0.100. The molecule has 19 heavy (non-hydrogen) atoms. The first kappa shape index (κ1) is 13.4. The Labute approximate surface area is 109 Å². The van der Waals surface area contributed by atoms with Gasteiger partial charge < -0.3 is 5.11 Å². The van der Waals surface area contributed by atoms with E-state index in [1.165, 1.54) is 4.57 Å². The van der Waals surface area contributed by atoms with Gasteiger partial charge >= 0.3 is 5.97 Å². The Bertz CT molecular complexity index is 609. The number of aliphatic carboxylic acids is 1. The molecule has 100 valence electrons. The fourth-order valence-electron chi connectivity index (χ4n) is 1.31. The first-order chi connectivity index (χ1) is 8.99. The Morgan fingerprint density at radius 2 is 1.95 bits per heavy atom. The minimum Gasteiger partial charge on any atom is -0.481 e. The van der Waals surface area contributed by atoms with Crippen molar-refractivity contribution >= 4 is 17.7 Å². The number of carbonyl (C=O) groups is 1. The number of carboxylic acids is 1. The van der Waals surface area contributed by atoms with Crippen molar-refractivity contribution < 1.29 is 23.1 Å². The van der Waals surface area contributed by atoms with E-state index in [0.29, 0.717) is 0 Å². The average molecular weight is 289 g/mol. The van der Waals surface area contributed by atoms with Gasteiger partial charge in [0.25, 0.3) is 0 Å². The van der Waals surface area contributed by atoms with E-state index in [2.05, 4.69) is 10.2 Å². The first-order valence-electron chi connectivity index (χ1n) is 4.88. The number of aromatic nitrogens is 3. The number of benzene rings is 1. The Morgan fingerprint density at radius 3 is 2.53 bits per heavy atom. The maximum absolute atomic E-state index is 13.1. The Balaban J connectivity index is 2.37. The lowest BCUT2D eigenvalue weighted by atomic mass is 10.3. The van der Waals surface area contributed by atoms with Gasteiger partial charge in [-0.25, -0.2) is 13.2 Å². The molecule has 0 aliphatic rings. The Morgan fingerprint density at radius 1 is 1.32 bits per heavy atom. The fourth-order valence-corrected chi connectivity index (χ4v) is 1.96. The second-order valence-electron chi connectivity index (χ2n) is 3.39. The van der Waals surface area contributed by atoms with Crippen LogP contribution < -0.4 is 0 Å². The molecule has 2 rings (SSSR count). The third-order valence-corrected chi connectivity index (χ3v) is 3.02. The zero-order valence-electron chi connectivity index (χ0n) is 9.18. The van der Waals surface area contributed by atoms with Gasteiger partial charge in [-0.3, -0.25) is 9.36 Å². The summed E-state index contributed by atoms with van der Waals surface area (Å²) in [6.07, 6.45) is 1.15. The van der Waals surface area contributed by atoms with Gasteiger partial charge in [-0.1, -0.05) is 11.8 Å². The van der Waals surface area contributed by atoms with E-state index in [1.54, 1.807) is 0 Å². The van der Waals surface area contributed by atoms with Crippen LogP contribution in [0.1, 0.15) is 0 Å². The highest BCUT2D eigenvalue weighted by atomic mass is 32.2. The minimum absolute atomic E-state index is 0.0331. The van der Waals surface area contributed by atoms with Crippen LogP contribution in [0.4, 0.5) is 13.2 Å².